The number of aromatic nitrogens is 1. The molecule has 0 amide bonds. The molecule has 2 atom stereocenters. The van der Waals surface area contributed by atoms with Gasteiger partial charge in [-0.15, -0.1) is 0 Å². The van der Waals surface area contributed by atoms with Crippen LogP contribution in [-0.4, -0.2) is 37.3 Å². The molecule has 17 heavy (non-hydrogen) atoms. The largest absolute Gasteiger partial charge is 0.479 e. The molecule has 0 radical (unpaired) electrons. The summed E-state index contributed by atoms with van der Waals surface area (Å²) < 4.78 is 0. The van der Waals surface area contributed by atoms with Crippen molar-refractivity contribution in [3.05, 3.63) is 27.9 Å². The maximum Gasteiger partial charge on any atom is 0.335 e. The van der Waals surface area contributed by atoms with Gasteiger partial charge in [-0.1, -0.05) is 0 Å². The fraction of sp³-hybridized carbons (Fsp3) is 0.250. The summed E-state index contributed by atoms with van der Waals surface area (Å²) in [6, 6.07) is 0.860. The van der Waals surface area contributed by atoms with Gasteiger partial charge in [0.15, 0.2) is 6.10 Å². The van der Waals surface area contributed by atoms with Crippen LogP contribution in [0.4, 0.5) is 11.5 Å². The minimum Gasteiger partial charge on any atom is -0.479 e. The Morgan fingerprint density at radius 3 is 2.59 bits per heavy atom. The molecule has 0 fully saturated rings. The molecule has 0 saturated carbocycles. The molecule has 1 aromatic heterocycles. The molecule has 0 spiro atoms. The van der Waals surface area contributed by atoms with Crippen LogP contribution >= 0.6 is 0 Å². The predicted octanol–water partition coefficient (Wildman–Crippen LogP) is -0.949. The highest BCUT2D eigenvalue weighted by Gasteiger charge is 2.28. The molecule has 0 aliphatic heterocycles. The van der Waals surface area contributed by atoms with E-state index in [0.29, 0.717) is 0 Å². The summed E-state index contributed by atoms with van der Waals surface area (Å²) in [5.74, 6) is -1.97. The standard InChI is InChI=1S/C8H9N3O6/c9-7-4(5(12)6(13)8(14)15)1-3(2-10-7)11(16)17/h1-2,5-6,12-13H,(H2,9,10)(H,14,15). The van der Waals surface area contributed by atoms with Gasteiger partial charge in [0.25, 0.3) is 5.69 Å². The number of rotatable bonds is 4. The Balaban J connectivity index is 3.16. The molecule has 1 rings (SSSR count). The van der Waals surface area contributed by atoms with Gasteiger partial charge in [-0.25, -0.2) is 9.78 Å². The number of aliphatic hydroxyl groups excluding tert-OH is 2. The number of hydrogen-bond acceptors (Lipinski definition) is 7. The van der Waals surface area contributed by atoms with Gasteiger partial charge in [-0.05, 0) is 0 Å². The maximum absolute atomic E-state index is 10.5. The third-order valence-corrected chi connectivity index (χ3v) is 2.02. The number of carboxylic acids is 1. The Morgan fingerprint density at radius 1 is 1.53 bits per heavy atom. The lowest BCUT2D eigenvalue weighted by atomic mass is 10.1. The Labute approximate surface area is 94.3 Å². The maximum atomic E-state index is 10.5. The van der Waals surface area contributed by atoms with Gasteiger partial charge < -0.3 is 21.1 Å². The van der Waals surface area contributed by atoms with Crippen LogP contribution in [0.1, 0.15) is 11.7 Å². The van der Waals surface area contributed by atoms with Crippen LogP contribution in [0, 0.1) is 10.1 Å². The molecule has 9 nitrogen and oxygen atoms in total. The van der Waals surface area contributed by atoms with E-state index in [2.05, 4.69) is 4.98 Å². The third-order valence-electron chi connectivity index (χ3n) is 2.02. The van der Waals surface area contributed by atoms with Crippen molar-refractivity contribution in [1.29, 1.82) is 0 Å². The molecule has 9 heteroatoms. The zero-order valence-electron chi connectivity index (χ0n) is 8.35. The first-order chi connectivity index (χ1) is 7.84. The lowest BCUT2D eigenvalue weighted by Crippen LogP contribution is -2.28. The van der Waals surface area contributed by atoms with Crippen LogP contribution in [0.3, 0.4) is 0 Å². The van der Waals surface area contributed by atoms with Crippen LogP contribution in [0.5, 0.6) is 0 Å². The fourth-order valence-electron chi connectivity index (χ4n) is 1.12. The van der Waals surface area contributed by atoms with Gasteiger partial charge >= 0.3 is 5.97 Å². The highest BCUT2D eigenvalue weighted by Crippen LogP contribution is 2.25. The number of nitrogens with two attached hydrogens (primary N) is 1. The number of aliphatic hydroxyl groups is 2. The van der Waals surface area contributed by atoms with E-state index in [-0.39, 0.29) is 11.4 Å². The topological polar surface area (TPSA) is 160 Å². The molecule has 0 aromatic carbocycles. The monoisotopic (exact) mass is 243 g/mol. The van der Waals surface area contributed by atoms with Crippen molar-refractivity contribution in [2.45, 2.75) is 12.2 Å². The zero-order chi connectivity index (χ0) is 13.2. The molecular weight excluding hydrogens is 234 g/mol. The SMILES string of the molecule is Nc1ncc([N+](=O)[O-])cc1C(O)C(O)C(=O)O. The van der Waals surface area contributed by atoms with Crippen molar-refractivity contribution in [1.82, 2.24) is 4.98 Å². The molecule has 1 heterocycles. The summed E-state index contributed by atoms with van der Waals surface area (Å²) in [4.78, 5) is 23.5. The first-order valence-corrected chi connectivity index (χ1v) is 4.33. The van der Waals surface area contributed by atoms with Gasteiger partial charge in [0.1, 0.15) is 18.1 Å². The van der Waals surface area contributed by atoms with Crippen LogP contribution in [0.15, 0.2) is 12.3 Å². The summed E-state index contributed by atoms with van der Waals surface area (Å²) in [6.07, 6.45) is -3.17. The predicted molar refractivity (Wildman–Crippen MR) is 53.9 cm³/mol. The van der Waals surface area contributed by atoms with E-state index in [4.69, 9.17) is 15.9 Å². The van der Waals surface area contributed by atoms with Gasteiger partial charge in [0, 0.05) is 11.6 Å². The van der Waals surface area contributed by atoms with E-state index in [1.807, 2.05) is 0 Å². The van der Waals surface area contributed by atoms with Gasteiger partial charge in [-0.3, -0.25) is 10.1 Å². The fourth-order valence-corrected chi connectivity index (χ4v) is 1.12. The lowest BCUT2D eigenvalue weighted by Gasteiger charge is -2.15. The third kappa shape index (κ3) is 2.65. The quantitative estimate of drug-likeness (QED) is 0.389. The molecule has 0 aliphatic carbocycles. The second-order valence-electron chi connectivity index (χ2n) is 3.15. The average Bonchev–Trinajstić information content (AvgIpc) is 2.27. The van der Waals surface area contributed by atoms with Crippen LogP contribution < -0.4 is 5.73 Å². The van der Waals surface area contributed by atoms with Gasteiger partial charge in [0.05, 0.1) is 4.92 Å². The van der Waals surface area contributed by atoms with Crippen LogP contribution in [0.2, 0.25) is 0 Å². The van der Waals surface area contributed by atoms with Crippen LogP contribution in [0.25, 0.3) is 0 Å². The minimum atomic E-state index is -2.14. The Kier molecular flexibility index (Phi) is 3.55. The van der Waals surface area contributed by atoms with Crippen molar-refractivity contribution >= 4 is 17.5 Å². The second kappa shape index (κ2) is 4.72. The van der Waals surface area contributed by atoms with Crippen molar-refractivity contribution in [2.24, 2.45) is 0 Å². The van der Waals surface area contributed by atoms with Crippen molar-refractivity contribution in [2.75, 3.05) is 5.73 Å². The lowest BCUT2D eigenvalue weighted by molar-refractivity contribution is -0.385. The second-order valence-corrected chi connectivity index (χ2v) is 3.15. The molecule has 92 valence electrons. The molecule has 5 N–H and O–H groups in total. The van der Waals surface area contributed by atoms with Gasteiger partial charge in [-0.2, -0.15) is 0 Å². The number of hydrogen-bond donors (Lipinski definition) is 4. The summed E-state index contributed by atoms with van der Waals surface area (Å²) in [5, 5.41) is 37.5. The molecule has 0 bridgehead atoms. The minimum absolute atomic E-state index is 0.289. The zero-order valence-corrected chi connectivity index (χ0v) is 8.35. The average molecular weight is 243 g/mol. The van der Waals surface area contributed by atoms with Crippen molar-refractivity contribution < 1.29 is 25.0 Å². The van der Waals surface area contributed by atoms with Gasteiger partial charge in [0.2, 0.25) is 0 Å². The molecule has 0 saturated heterocycles. The molecule has 1 aromatic rings. The normalized spacial score (nSPS) is 14.0. The van der Waals surface area contributed by atoms with Crippen molar-refractivity contribution in [3.63, 3.8) is 0 Å². The number of anilines is 1. The summed E-state index contributed by atoms with van der Waals surface area (Å²) in [6.45, 7) is 0. The Morgan fingerprint density at radius 2 is 2.12 bits per heavy atom. The van der Waals surface area contributed by atoms with E-state index in [9.17, 15) is 20.0 Å². The first kappa shape index (κ1) is 12.8. The number of carbonyl (C=O) groups is 1. The number of nitro groups is 1. The van der Waals surface area contributed by atoms with Crippen molar-refractivity contribution in [3.8, 4) is 0 Å². The summed E-state index contributed by atoms with van der Waals surface area (Å²) in [7, 11) is 0. The van der Waals surface area contributed by atoms with E-state index in [0.717, 1.165) is 12.3 Å². The number of nitrogen functional groups attached to an aromatic ring is 1. The smallest absolute Gasteiger partial charge is 0.335 e. The number of nitrogens with zero attached hydrogens (tertiary/aromatic N) is 2. The summed E-state index contributed by atoms with van der Waals surface area (Å²) in [5.41, 5.74) is 4.55. The summed E-state index contributed by atoms with van der Waals surface area (Å²) >= 11 is 0. The molecular formula is C8H9N3O6. The molecule has 0 aliphatic rings. The highest BCUT2D eigenvalue weighted by atomic mass is 16.6. The number of pyridine rings is 1. The van der Waals surface area contributed by atoms with E-state index in [1.165, 1.54) is 0 Å². The highest BCUT2D eigenvalue weighted by molar-refractivity contribution is 5.73. The first-order valence-electron chi connectivity index (χ1n) is 4.33. The van der Waals surface area contributed by atoms with E-state index < -0.39 is 28.8 Å². The van der Waals surface area contributed by atoms with Crippen LogP contribution in [-0.2, 0) is 4.79 Å². The van der Waals surface area contributed by atoms with E-state index >= 15 is 0 Å². The molecule has 2 unspecified atom stereocenters. The Bertz CT molecular complexity index is 463. The number of aliphatic carboxylic acids is 1. The van der Waals surface area contributed by atoms with E-state index in [1.54, 1.807) is 0 Å². The number of carboxylic acid groups (broad SMARTS) is 1. The Hall–Kier alpha value is -2.26.